The van der Waals surface area contributed by atoms with Crippen LogP contribution in [0.4, 0.5) is 0 Å². The SMILES string of the molecule is O=C(OP)c1cc2[nH]cc(C3=CCCCC3)c2s1. The van der Waals surface area contributed by atoms with E-state index in [1.54, 1.807) is 0 Å². The molecule has 0 amide bonds. The minimum Gasteiger partial charge on any atom is -0.447 e. The van der Waals surface area contributed by atoms with Crippen LogP contribution in [0, 0.1) is 0 Å². The zero-order chi connectivity index (χ0) is 12.5. The number of rotatable bonds is 2. The van der Waals surface area contributed by atoms with E-state index >= 15 is 0 Å². The van der Waals surface area contributed by atoms with E-state index < -0.39 is 0 Å². The number of nitrogens with one attached hydrogen (secondary N) is 1. The first-order valence-electron chi connectivity index (χ1n) is 6.01. The molecule has 1 unspecified atom stereocenters. The number of hydrogen-bond acceptors (Lipinski definition) is 3. The van der Waals surface area contributed by atoms with Crippen LogP contribution in [-0.2, 0) is 4.52 Å². The lowest BCUT2D eigenvalue weighted by atomic mass is 9.95. The topological polar surface area (TPSA) is 42.1 Å². The van der Waals surface area contributed by atoms with Crippen molar-refractivity contribution in [3.05, 3.63) is 28.8 Å². The summed E-state index contributed by atoms with van der Waals surface area (Å²) in [4.78, 5) is 15.4. The summed E-state index contributed by atoms with van der Waals surface area (Å²) < 4.78 is 5.84. The normalized spacial score (nSPS) is 15.7. The molecule has 0 bridgehead atoms. The second-order valence-electron chi connectivity index (χ2n) is 4.44. The van der Waals surface area contributed by atoms with Gasteiger partial charge in [-0.05, 0) is 37.3 Å². The summed E-state index contributed by atoms with van der Waals surface area (Å²) in [7, 11) is 2.00. The third-order valence-corrected chi connectivity index (χ3v) is 4.66. The van der Waals surface area contributed by atoms with Gasteiger partial charge < -0.3 is 9.51 Å². The molecular formula is C13H14NO2PS. The highest BCUT2D eigenvalue weighted by molar-refractivity contribution is 7.21. The molecular weight excluding hydrogens is 265 g/mol. The number of thiophene rings is 1. The number of carbonyl (C=O) groups excluding carboxylic acids is 1. The number of aromatic nitrogens is 1. The molecule has 94 valence electrons. The Bertz CT molecular complexity index is 626. The van der Waals surface area contributed by atoms with Crippen molar-refractivity contribution in [2.24, 2.45) is 0 Å². The molecule has 0 aliphatic heterocycles. The first kappa shape index (κ1) is 11.9. The zero-order valence-corrected chi connectivity index (χ0v) is 11.8. The molecule has 1 atom stereocenters. The third-order valence-electron chi connectivity index (χ3n) is 3.29. The van der Waals surface area contributed by atoms with Crippen molar-refractivity contribution in [2.45, 2.75) is 25.7 Å². The molecule has 0 radical (unpaired) electrons. The monoisotopic (exact) mass is 279 g/mol. The Hall–Kier alpha value is -1.12. The zero-order valence-electron chi connectivity index (χ0n) is 9.86. The number of hydrogen-bond donors (Lipinski definition) is 1. The number of allylic oxidation sites excluding steroid dienone is 2. The molecule has 5 heteroatoms. The fraction of sp³-hybridized carbons (Fsp3) is 0.308. The molecule has 1 aliphatic carbocycles. The molecule has 2 heterocycles. The maximum atomic E-state index is 11.5. The lowest BCUT2D eigenvalue weighted by molar-refractivity contribution is 0.0770. The number of fused-ring (bicyclic) bond motifs is 1. The van der Waals surface area contributed by atoms with Crippen LogP contribution in [0.15, 0.2) is 18.3 Å². The van der Waals surface area contributed by atoms with E-state index in [1.165, 1.54) is 35.3 Å². The van der Waals surface area contributed by atoms with Gasteiger partial charge in [0.05, 0.1) is 19.7 Å². The molecule has 0 spiro atoms. The van der Waals surface area contributed by atoms with E-state index in [0.29, 0.717) is 4.88 Å². The summed E-state index contributed by atoms with van der Waals surface area (Å²) in [6.07, 6.45) is 9.20. The Morgan fingerprint density at radius 3 is 3.06 bits per heavy atom. The molecule has 1 N–H and O–H groups in total. The van der Waals surface area contributed by atoms with Gasteiger partial charge in [-0.25, -0.2) is 4.79 Å². The first-order chi connectivity index (χ1) is 8.79. The number of aromatic amines is 1. The Labute approximate surface area is 112 Å². The summed E-state index contributed by atoms with van der Waals surface area (Å²) in [5, 5.41) is 0. The van der Waals surface area contributed by atoms with E-state index in [9.17, 15) is 4.79 Å². The molecule has 18 heavy (non-hydrogen) atoms. The van der Waals surface area contributed by atoms with Gasteiger partial charge in [-0.3, -0.25) is 0 Å². The molecule has 0 saturated carbocycles. The summed E-state index contributed by atoms with van der Waals surface area (Å²) in [6.45, 7) is 0. The molecule has 3 rings (SSSR count). The summed E-state index contributed by atoms with van der Waals surface area (Å²) in [5.74, 6) is -0.293. The Kier molecular flexibility index (Phi) is 3.23. The first-order valence-corrected chi connectivity index (χ1v) is 7.30. The van der Waals surface area contributed by atoms with E-state index in [-0.39, 0.29) is 5.97 Å². The molecule has 3 nitrogen and oxygen atoms in total. The Morgan fingerprint density at radius 1 is 1.44 bits per heavy atom. The largest absolute Gasteiger partial charge is 0.447 e. The molecule has 2 aromatic heterocycles. The average Bonchev–Trinajstić information content (AvgIpc) is 2.98. The highest BCUT2D eigenvalue weighted by Gasteiger charge is 2.16. The van der Waals surface area contributed by atoms with Gasteiger partial charge in [0.25, 0.3) is 0 Å². The standard InChI is InChI=1S/C13H14NO2PS/c15-13(16-17)11-6-10-12(18-11)9(7-14-10)8-4-2-1-3-5-8/h4,6-7,14H,1-3,5,17H2. The smallest absolute Gasteiger partial charge is 0.350 e. The minimum absolute atomic E-state index is 0.293. The van der Waals surface area contributed by atoms with Gasteiger partial charge in [-0.1, -0.05) is 6.08 Å². The van der Waals surface area contributed by atoms with Gasteiger partial charge in [0.1, 0.15) is 4.88 Å². The van der Waals surface area contributed by atoms with Gasteiger partial charge in [-0.2, -0.15) is 0 Å². The number of H-pyrrole nitrogens is 1. The van der Waals surface area contributed by atoms with Gasteiger partial charge in [-0.15, -0.1) is 11.3 Å². The van der Waals surface area contributed by atoms with Crippen molar-refractivity contribution in [1.82, 2.24) is 4.98 Å². The van der Waals surface area contributed by atoms with Gasteiger partial charge in [0.15, 0.2) is 0 Å². The van der Waals surface area contributed by atoms with Crippen molar-refractivity contribution >= 4 is 42.6 Å². The third kappa shape index (κ3) is 2.00. The van der Waals surface area contributed by atoms with Crippen LogP contribution in [0.1, 0.15) is 40.9 Å². The Balaban J connectivity index is 2.05. The fourth-order valence-electron chi connectivity index (χ4n) is 2.39. The predicted octanol–water partition coefficient (Wildman–Crippen LogP) is 4.13. The molecule has 0 aromatic carbocycles. The van der Waals surface area contributed by atoms with Crippen LogP contribution in [-0.4, -0.2) is 11.0 Å². The van der Waals surface area contributed by atoms with Crippen molar-refractivity contribution in [3.8, 4) is 0 Å². The van der Waals surface area contributed by atoms with E-state index in [2.05, 4.69) is 15.6 Å². The second kappa shape index (κ2) is 4.87. The maximum Gasteiger partial charge on any atom is 0.350 e. The maximum absolute atomic E-state index is 11.5. The predicted molar refractivity (Wildman–Crippen MR) is 77.7 cm³/mol. The summed E-state index contributed by atoms with van der Waals surface area (Å²) in [6, 6.07) is 1.86. The molecule has 1 aliphatic rings. The van der Waals surface area contributed by atoms with Crippen molar-refractivity contribution in [1.29, 1.82) is 0 Å². The molecule has 0 saturated heterocycles. The van der Waals surface area contributed by atoms with Crippen molar-refractivity contribution < 1.29 is 9.32 Å². The summed E-state index contributed by atoms with van der Waals surface area (Å²) in [5.41, 5.74) is 3.67. The van der Waals surface area contributed by atoms with Crippen LogP contribution in [0.3, 0.4) is 0 Å². The van der Waals surface area contributed by atoms with Crippen molar-refractivity contribution in [2.75, 3.05) is 0 Å². The van der Waals surface area contributed by atoms with Gasteiger partial charge in [0, 0.05) is 11.8 Å². The molecule has 2 aromatic rings. The second-order valence-corrected chi connectivity index (χ2v) is 5.72. The van der Waals surface area contributed by atoms with Crippen molar-refractivity contribution in [3.63, 3.8) is 0 Å². The minimum atomic E-state index is -0.293. The van der Waals surface area contributed by atoms with Gasteiger partial charge in [0.2, 0.25) is 0 Å². The van der Waals surface area contributed by atoms with E-state index in [0.717, 1.165) is 23.1 Å². The van der Waals surface area contributed by atoms with E-state index in [1.807, 2.05) is 21.7 Å². The van der Waals surface area contributed by atoms with Crippen LogP contribution >= 0.6 is 20.8 Å². The number of carbonyl (C=O) groups is 1. The Morgan fingerprint density at radius 2 is 2.33 bits per heavy atom. The molecule has 0 fully saturated rings. The van der Waals surface area contributed by atoms with Gasteiger partial charge >= 0.3 is 5.97 Å². The van der Waals surface area contributed by atoms with Crippen LogP contribution in [0.5, 0.6) is 0 Å². The lowest BCUT2D eigenvalue weighted by Gasteiger charge is -2.10. The van der Waals surface area contributed by atoms with Crippen LogP contribution < -0.4 is 0 Å². The lowest BCUT2D eigenvalue weighted by Crippen LogP contribution is -1.92. The fourth-order valence-corrected chi connectivity index (χ4v) is 3.66. The quantitative estimate of drug-likeness (QED) is 0.840. The van der Waals surface area contributed by atoms with Crippen LogP contribution in [0.25, 0.3) is 15.8 Å². The van der Waals surface area contributed by atoms with E-state index in [4.69, 9.17) is 0 Å². The highest BCUT2D eigenvalue weighted by Crippen LogP contribution is 2.36. The van der Waals surface area contributed by atoms with Crippen LogP contribution in [0.2, 0.25) is 0 Å². The highest BCUT2D eigenvalue weighted by atomic mass is 32.1. The summed E-state index contributed by atoms with van der Waals surface area (Å²) >= 11 is 1.50. The average molecular weight is 279 g/mol.